The van der Waals surface area contributed by atoms with Gasteiger partial charge in [0.15, 0.2) is 0 Å². The molecule has 16 heavy (non-hydrogen) atoms. The van der Waals surface area contributed by atoms with Crippen LogP contribution < -0.4 is 10.5 Å². The van der Waals surface area contributed by atoms with Crippen LogP contribution in [0.15, 0.2) is 17.0 Å². The zero-order chi connectivity index (χ0) is 12.5. The SMILES string of the molecule is Cc1c(N)cc(S(=O)(=O)O)cc1NS(=O)O. The molecule has 0 amide bonds. The van der Waals surface area contributed by atoms with E-state index in [1.807, 2.05) is 0 Å². The lowest BCUT2D eigenvalue weighted by molar-refractivity contribution is 0.483. The highest BCUT2D eigenvalue weighted by atomic mass is 32.2. The molecule has 1 rings (SSSR count). The molecule has 0 radical (unpaired) electrons. The van der Waals surface area contributed by atoms with Crippen LogP contribution in [0.25, 0.3) is 0 Å². The van der Waals surface area contributed by atoms with E-state index in [4.69, 9.17) is 14.8 Å². The van der Waals surface area contributed by atoms with Gasteiger partial charge >= 0.3 is 0 Å². The van der Waals surface area contributed by atoms with Gasteiger partial charge in [0.05, 0.1) is 10.6 Å². The number of nitrogens with one attached hydrogen (secondary N) is 1. The summed E-state index contributed by atoms with van der Waals surface area (Å²) in [4.78, 5) is -0.441. The fraction of sp³-hybridized carbons (Fsp3) is 0.143. The molecule has 0 bridgehead atoms. The van der Waals surface area contributed by atoms with Gasteiger partial charge in [0.1, 0.15) is 0 Å². The van der Waals surface area contributed by atoms with Crippen molar-refractivity contribution in [3.05, 3.63) is 17.7 Å². The van der Waals surface area contributed by atoms with Crippen molar-refractivity contribution in [3.8, 4) is 0 Å². The van der Waals surface area contributed by atoms with Crippen molar-refractivity contribution in [2.24, 2.45) is 0 Å². The Balaban J connectivity index is 3.39. The Labute approximate surface area is 94.8 Å². The largest absolute Gasteiger partial charge is 0.398 e. The maximum absolute atomic E-state index is 10.9. The van der Waals surface area contributed by atoms with Gasteiger partial charge in [0, 0.05) is 5.69 Å². The van der Waals surface area contributed by atoms with E-state index in [1.165, 1.54) is 6.92 Å². The summed E-state index contributed by atoms with van der Waals surface area (Å²) < 4.78 is 51.8. The van der Waals surface area contributed by atoms with Crippen molar-refractivity contribution in [2.45, 2.75) is 11.8 Å². The van der Waals surface area contributed by atoms with Crippen LogP contribution in [0.4, 0.5) is 11.4 Å². The quantitative estimate of drug-likeness (QED) is 0.355. The first-order valence-electron chi connectivity index (χ1n) is 3.97. The smallest absolute Gasteiger partial charge is 0.294 e. The maximum atomic E-state index is 10.9. The second kappa shape index (κ2) is 4.37. The molecule has 0 saturated heterocycles. The topological polar surface area (TPSA) is 130 Å². The lowest BCUT2D eigenvalue weighted by Crippen LogP contribution is -2.08. The van der Waals surface area contributed by atoms with Crippen molar-refractivity contribution in [1.82, 2.24) is 0 Å². The van der Waals surface area contributed by atoms with Crippen molar-refractivity contribution in [3.63, 3.8) is 0 Å². The first-order chi connectivity index (χ1) is 7.21. The molecule has 0 spiro atoms. The number of anilines is 2. The monoisotopic (exact) mass is 266 g/mol. The summed E-state index contributed by atoms with van der Waals surface area (Å²) in [5.74, 6) is 0. The highest BCUT2D eigenvalue weighted by Crippen LogP contribution is 2.26. The van der Waals surface area contributed by atoms with Crippen LogP contribution in [-0.2, 0) is 21.4 Å². The third-order valence-corrected chi connectivity index (χ3v) is 3.14. The van der Waals surface area contributed by atoms with Crippen LogP contribution in [0.1, 0.15) is 5.56 Å². The van der Waals surface area contributed by atoms with Crippen LogP contribution in [0.3, 0.4) is 0 Å². The van der Waals surface area contributed by atoms with Gasteiger partial charge in [-0.25, -0.2) is 4.21 Å². The zero-order valence-corrected chi connectivity index (χ0v) is 9.80. The van der Waals surface area contributed by atoms with Crippen LogP contribution in [0.5, 0.6) is 0 Å². The fourth-order valence-electron chi connectivity index (χ4n) is 1.06. The minimum absolute atomic E-state index is 0.0634. The van der Waals surface area contributed by atoms with E-state index in [0.29, 0.717) is 5.56 Å². The van der Waals surface area contributed by atoms with Crippen LogP contribution in [0.2, 0.25) is 0 Å². The Morgan fingerprint density at radius 3 is 2.44 bits per heavy atom. The predicted molar refractivity (Wildman–Crippen MR) is 59.8 cm³/mol. The molecule has 1 unspecified atom stereocenters. The van der Waals surface area contributed by atoms with E-state index in [-0.39, 0.29) is 11.4 Å². The van der Waals surface area contributed by atoms with Gasteiger partial charge in [0.2, 0.25) is 0 Å². The van der Waals surface area contributed by atoms with Gasteiger partial charge < -0.3 is 5.73 Å². The molecule has 0 fully saturated rings. The Hall–Kier alpha value is -1.16. The first kappa shape index (κ1) is 12.9. The standard InChI is InChI=1S/C7H10N2O5S2/c1-4-6(8)2-5(16(12,13)14)3-7(4)9-15(10)11/h2-3,9H,8H2,1H3,(H,10,11)(H,12,13,14). The number of hydrogen-bond acceptors (Lipinski definition) is 4. The van der Waals surface area contributed by atoms with Crippen LogP contribution >= 0.6 is 0 Å². The third-order valence-electron chi connectivity index (χ3n) is 1.92. The van der Waals surface area contributed by atoms with Crippen LogP contribution in [-0.4, -0.2) is 21.7 Å². The number of rotatable bonds is 3. The van der Waals surface area contributed by atoms with Gasteiger partial charge in [-0.2, -0.15) is 8.42 Å². The minimum Gasteiger partial charge on any atom is -0.398 e. The average Bonchev–Trinajstić information content (AvgIpc) is 2.10. The summed E-state index contributed by atoms with van der Waals surface area (Å²) in [7, 11) is -4.40. The number of hydrogen-bond donors (Lipinski definition) is 4. The molecule has 0 aliphatic rings. The molecule has 0 heterocycles. The molecule has 0 aliphatic carbocycles. The zero-order valence-electron chi connectivity index (χ0n) is 8.17. The van der Waals surface area contributed by atoms with Gasteiger partial charge in [-0.15, -0.1) is 0 Å². The molecule has 9 heteroatoms. The highest BCUT2D eigenvalue weighted by molar-refractivity contribution is 7.85. The molecule has 0 aliphatic heterocycles. The lowest BCUT2D eigenvalue weighted by Gasteiger charge is -2.10. The Morgan fingerprint density at radius 1 is 1.44 bits per heavy atom. The molecule has 5 N–H and O–H groups in total. The van der Waals surface area contributed by atoms with E-state index in [9.17, 15) is 12.6 Å². The van der Waals surface area contributed by atoms with Gasteiger partial charge in [0.25, 0.3) is 21.4 Å². The second-order valence-corrected chi connectivity index (χ2v) is 5.14. The molecular formula is C7H10N2O5S2. The van der Waals surface area contributed by atoms with Gasteiger partial charge in [-0.3, -0.25) is 13.8 Å². The van der Waals surface area contributed by atoms with Crippen molar-refractivity contribution < 1.29 is 21.7 Å². The Bertz CT molecular complexity index is 540. The summed E-state index contributed by atoms with van der Waals surface area (Å²) >= 11 is -2.35. The van der Waals surface area contributed by atoms with Crippen molar-refractivity contribution in [1.29, 1.82) is 0 Å². The Morgan fingerprint density at radius 2 is 2.00 bits per heavy atom. The molecule has 90 valence electrons. The highest BCUT2D eigenvalue weighted by Gasteiger charge is 2.14. The van der Waals surface area contributed by atoms with Crippen molar-refractivity contribution in [2.75, 3.05) is 10.5 Å². The van der Waals surface area contributed by atoms with Crippen molar-refractivity contribution >= 4 is 32.8 Å². The summed E-state index contributed by atoms with van der Waals surface area (Å²) in [5.41, 5.74) is 6.06. The van der Waals surface area contributed by atoms with E-state index < -0.39 is 26.3 Å². The van der Waals surface area contributed by atoms with Gasteiger partial charge in [-0.05, 0) is 24.6 Å². The van der Waals surface area contributed by atoms with E-state index in [1.54, 1.807) is 0 Å². The third kappa shape index (κ3) is 2.92. The van der Waals surface area contributed by atoms with Crippen LogP contribution in [0, 0.1) is 6.92 Å². The molecule has 0 aromatic heterocycles. The Kier molecular flexibility index (Phi) is 3.53. The summed E-state index contributed by atoms with van der Waals surface area (Å²) in [6.45, 7) is 1.54. The van der Waals surface area contributed by atoms with Gasteiger partial charge in [-0.1, -0.05) is 0 Å². The normalized spacial score (nSPS) is 13.4. The summed E-state index contributed by atoms with van der Waals surface area (Å²) in [6, 6.07) is 2.09. The van der Waals surface area contributed by atoms with E-state index >= 15 is 0 Å². The molecule has 0 saturated carbocycles. The number of nitrogen functional groups attached to an aromatic ring is 1. The molecule has 1 aromatic rings. The summed E-state index contributed by atoms with van der Waals surface area (Å²) in [6.07, 6.45) is 0. The summed E-state index contributed by atoms with van der Waals surface area (Å²) in [5, 5.41) is 0. The number of benzene rings is 1. The number of nitrogens with two attached hydrogens (primary N) is 1. The van der Waals surface area contributed by atoms with E-state index in [2.05, 4.69) is 4.72 Å². The van der Waals surface area contributed by atoms with E-state index in [0.717, 1.165) is 12.1 Å². The lowest BCUT2D eigenvalue weighted by atomic mass is 10.2. The molecule has 1 atom stereocenters. The molecule has 7 nitrogen and oxygen atoms in total. The fourth-order valence-corrected chi connectivity index (χ4v) is 2.00. The molecule has 1 aromatic carbocycles. The second-order valence-electron chi connectivity index (χ2n) is 3.01. The molecular weight excluding hydrogens is 256 g/mol. The minimum atomic E-state index is -4.40. The first-order valence-corrected chi connectivity index (χ1v) is 6.51. The predicted octanol–water partition coefficient (Wildman–Crippen LogP) is 0.373. The average molecular weight is 266 g/mol. The maximum Gasteiger partial charge on any atom is 0.294 e.